The van der Waals surface area contributed by atoms with Gasteiger partial charge in [0, 0.05) is 55.7 Å². The molecule has 0 N–H and O–H groups in total. The van der Waals surface area contributed by atoms with E-state index in [1.807, 2.05) is 60.7 Å². The van der Waals surface area contributed by atoms with Crippen LogP contribution in [-0.2, 0) is 0 Å². The average Bonchev–Trinajstić information content (AvgIpc) is 3.95. The molecule has 0 saturated heterocycles. The van der Waals surface area contributed by atoms with Crippen LogP contribution in [0.3, 0.4) is 0 Å². The minimum atomic E-state index is 0.566. The number of aromatic nitrogens is 1. The molecule has 0 spiro atoms. The summed E-state index contributed by atoms with van der Waals surface area (Å²) in [4.78, 5) is 7.29. The number of nitrogens with zero attached hydrogens (tertiary/aromatic N) is 2. The number of para-hydroxylation sites is 4. The van der Waals surface area contributed by atoms with Gasteiger partial charge < -0.3 is 18.2 Å². The van der Waals surface area contributed by atoms with Gasteiger partial charge in [-0.1, -0.05) is 115 Å². The number of fused-ring (bicyclic) bond motifs is 7. The van der Waals surface area contributed by atoms with Crippen LogP contribution in [0.25, 0.3) is 88.7 Å². The summed E-state index contributed by atoms with van der Waals surface area (Å²) in [6.45, 7) is 0. The van der Waals surface area contributed by atoms with Gasteiger partial charge in [0.2, 0.25) is 5.89 Å². The van der Waals surface area contributed by atoms with Crippen LogP contribution in [0, 0.1) is 0 Å². The van der Waals surface area contributed by atoms with Crippen LogP contribution in [0.15, 0.2) is 195 Å². The van der Waals surface area contributed by atoms with Gasteiger partial charge in [0.15, 0.2) is 5.58 Å². The molecule has 0 bridgehead atoms. The third-order valence-electron chi connectivity index (χ3n) is 10.3. The van der Waals surface area contributed by atoms with Gasteiger partial charge in [-0.05, 0) is 71.8 Å². The smallest absolute Gasteiger partial charge is 0.228 e. The maximum atomic E-state index is 6.64. The molecule has 0 aliphatic heterocycles. The Morgan fingerprint density at radius 2 is 1.00 bits per heavy atom. The van der Waals surface area contributed by atoms with E-state index in [2.05, 4.69) is 126 Å². The first-order chi connectivity index (χ1) is 26.8. The lowest BCUT2D eigenvalue weighted by molar-refractivity contribution is 0.621. The zero-order chi connectivity index (χ0) is 35.6. The minimum absolute atomic E-state index is 0.566. The largest absolute Gasteiger partial charge is 0.456 e. The first-order valence-corrected chi connectivity index (χ1v) is 18.0. The number of hydrogen-bond acceptors (Lipinski definition) is 5. The maximum absolute atomic E-state index is 6.64. The second-order valence-electron chi connectivity index (χ2n) is 13.5. The highest BCUT2D eigenvalue weighted by Gasteiger charge is 2.21. The summed E-state index contributed by atoms with van der Waals surface area (Å²) in [6.07, 6.45) is 0. The number of rotatable bonds is 6. The molecule has 8 aromatic carbocycles. The van der Waals surface area contributed by atoms with Crippen LogP contribution in [0.5, 0.6) is 0 Å². The minimum Gasteiger partial charge on any atom is -0.456 e. The summed E-state index contributed by atoms with van der Waals surface area (Å²) >= 11 is 0. The van der Waals surface area contributed by atoms with E-state index in [4.69, 9.17) is 18.2 Å². The van der Waals surface area contributed by atoms with Crippen LogP contribution < -0.4 is 4.90 Å². The Bertz CT molecular complexity index is 3170. The highest BCUT2D eigenvalue weighted by atomic mass is 16.4. The first kappa shape index (κ1) is 30.3. The Morgan fingerprint density at radius 1 is 0.389 bits per heavy atom. The highest BCUT2D eigenvalue weighted by molar-refractivity contribution is 6.12. The normalized spacial score (nSPS) is 11.7. The van der Waals surface area contributed by atoms with Gasteiger partial charge in [-0.15, -0.1) is 0 Å². The Morgan fingerprint density at radius 3 is 1.87 bits per heavy atom. The molecule has 0 fully saturated rings. The van der Waals surface area contributed by atoms with Gasteiger partial charge in [0.1, 0.15) is 27.8 Å². The molecule has 3 heterocycles. The molecule has 0 unspecified atom stereocenters. The van der Waals surface area contributed by atoms with Gasteiger partial charge in [0.25, 0.3) is 0 Å². The Balaban J connectivity index is 1.04. The Hall–Kier alpha value is -7.37. The predicted octanol–water partition coefficient (Wildman–Crippen LogP) is 14.1. The number of benzene rings is 8. The summed E-state index contributed by atoms with van der Waals surface area (Å²) in [5.74, 6) is 0.566. The fourth-order valence-electron chi connectivity index (χ4n) is 7.85. The molecular formula is C49H30N2O3. The summed E-state index contributed by atoms with van der Waals surface area (Å²) in [7, 11) is 0. The van der Waals surface area contributed by atoms with Crippen LogP contribution >= 0.6 is 0 Å². The fourth-order valence-corrected chi connectivity index (χ4v) is 7.85. The monoisotopic (exact) mass is 694 g/mol. The van der Waals surface area contributed by atoms with Gasteiger partial charge in [-0.3, -0.25) is 0 Å². The van der Waals surface area contributed by atoms with E-state index < -0.39 is 0 Å². The van der Waals surface area contributed by atoms with Crippen molar-refractivity contribution in [1.29, 1.82) is 0 Å². The number of anilines is 3. The van der Waals surface area contributed by atoms with Gasteiger partial charge in [0.05, 0.1) is 5.69 Å². The van der Waals surface area contributed by atoms with Crippen molar-refractivity contribution in [1.82, 2.24) is 4.98 Å². The van der Waals surface area contributed by atoms with Crippen LogP contribution in [-0.4, -0.2) is 4.98 Å². The molecule has 5 nitrogen and oxygen atoms in total. The van der Waals surface area contributed by atoms with Crippen LogP contribution in [0.1, 0.15) is 0 Å². The quantitative estimate of drug-likeness (QED) is 0.173. The topological polar surface area (TPSA) is 55.6 Å². The van der Waals surface area contributed by atoms with Crippen molar-refractivity contribution in [3.05, 3.63) is 182 Å². The van der Waals surface area contributed by atoms with Crippen molar-refractivity contribution >= 4 is 72.0 Å². The molecule has 54 heavy (non-hydrogen) atoms. The van der Waals surface area contributed by atoms with Crippen molar-refractivity contribution in [3.8, 4) is 33.7 Å². The first-order valence-electron chi connectivity index (χ1n) is 18.0. The second kappa shape index (κ2) is 12.1. The molecule has 3 aromatic heterocycles. The van der Waals surface area contributed by atoms with E-state index in [-0.39, 0.29) is 0 Å². The predicted molar refractivity (Wildman–Crippen MR) is 220 cm³/mol. The summed E-state index contributed by atoms with van der Waals surface area (Å²) < 4.78 is 19.2. The lowest BCUT2D eigenvalue weighted by atomic mass is 10.0. The molecule has 254 valence electrons. The number of oxazole rings is 1. The van der Waals surface area contributed by atoms with E-state index in [9.17, 15) is 0 Å². The lowest BCUT2D eigenvalue weighted by Crippen LogP contribution is -2.11. The van der Waals surface area contributed by atoms with Gasteiger partial charge >= 0.3 is 0 Å². The lowest BCUT2D eigenvalue weighted by Gasteiger charge is -2.28. The molecular weight excluding hydrogens is 665 g/mol. The molecule has 0 atom stereocenters. The van der Waals surface area contributed by atoms with E-state index in [1.54, 1.807) is 0 Å². The van der Waals surface area contributed by atoms with E-state index in [0.29, 0.717) is 5.89 Å². The maximum Gasteiger partial charge on any atom is 0.228 e. The Labute approximate surface area is 309 Å². The van der Waals surface area contributed by atoms with E-state index in [0.717, 1.165) is 99.9 Å². The standard InChI is InChI=1S/C49H30N2O3/c1-2-12-31(13-3-1)35-14-4-7-20-42(35)51(34-28-29-38-37-15-5-8-21-43(37)53-46(38)30-34)33-26-24-32(25-27-33)36-17-10-19-41-48(36)54-49(50-41)40-18-11-23-45-47(40)39-16-6-9-22-44(39)52-45/h1-30H. The Kier molecular flexibility index (Phi) is 6.79. The molecule has 11 aromatic rings. The van der Waals surface area contributed by atoms with Crippen LogP contribution in [0.4, 0.5) is 17.1 Å². The zero-order valence-electron chi connectivity index (χ0n) is 28.9. The molecule has 11 rings (SSSR count). The van der Waals surface area contributed by atoms with Gasteiger partial charge in [-0.2, -0.15) is 0 Å². The summed E-state index contributed by atoms with van der Waals surface area (Å²) in [5.41, 5.74) is 13.2. The van der Waals surface area contributed by atoms with Crippen molar-refractivity contribution in [3.63, 3.8) is 0 Å². The van der Waals surface area contributed by atoms with Crippen molar-refractivity contribution < 1.29 is 13.3 Å². The third kappa shape index (κ3) is 4.83. The van der Waals surface area contributed by atoms with E-state index in [1.165, 1.54) is 0 Å². The highest BCUT2D eigenvalue weighted by Crippen LogP contribution is 2.44. The summed E-state index contributed by atoms with van der Waals surface area (Å²) in [5, 5.41) is 4.25. The van der Waals surface area contributed by atoms with Crippen LogP contribution in [0.2, 0.25) is 0 Å². The molecule has 0 saturated carbocycles. The zero-order valence-corrected chi connectivity index (χ0v) is 28.9. The third-order valence-corrected chi connectivity index (χ3v) is 10.3. The number of furan rings is 2. The number of hydrogen-bond donors (Lipinski definition) is 0. The van der Waals surface area contributed by atoms with E-state index >= 15 is 0 Å². The van der Waals surface area contributed by atoms with Crippen molar-refractivity contribution in [2.24, 2.45) is 0 Å². The van der Waals surface area contributed by atoms with Crippen molar-refractivity contribution in [2.75, 3.05) is 4.90 Å². The van der Waals surface area contributed by atoms with Crippen molar-refractivity contribution in [2.45, 2.75) is 0 Å². The second-order valence-corrected chi connectivity index (χ2v) is 13.5. The fraction of sp³-hybridized carbons (Fsp3) is 0. The molecule has 5 heteroatoms. The average molecular weight is 695 g/mol. The van der Waals surface area contributed by atoms with Gasteiger partial charge in [-0.25, -0.2) is 4.98 Å². The molecule has 0 aliphatic carbocycles. The summed E-state index contributed by atoms with van der Waals surface area (Å²) in [6, 6.07) is 62.7. The SMILES string of the molecule is c1ccc(-c2ccccc2N(c2ccc(-c3cccc4nc(-c5cccc6oc7ccccc7c56)oc34)cc2)c2ccc3c(c2)oc2ccccc23)cc1. The molecule has 0 aliphatic rings. The molecule has 0 amide bonds. The molecule has 0 radical (unpaired) electrons.